The second-order valence-electron chi connectivity index (χ2n) is 9.80. The summed E-state index contributed by atoms with van der Waals surface area (Å²) >= 11 is 0. The largest absolute Gasteiger partial charge is 0.441 e. The molecule has 3 saturated heterocycles. The first-order valence-electron chi connectivity index (χ1n) is 11.6. The molecule has 6 heteroatoms. The Bertz CT molecular complexity index is 730. The molecule has 4 rings (SSSR count). The van der Waals surface area contributed by atoms with E-state index in [-0.39, 0.29) is 11.7 Å². The average molecular weight is 415 g/mol. The van der Waals surface area contributed by atoms with Crippen LogP contribution in [0.15, 0.2) is 24.3 Å². The van der Waals surface area contributed by atoms with E-state index in [4.69, 9.17) is 4.74 Å². The van der Waals surface area contributed by atoms with Crippen molar-refractivity contribution >= 4 is 6.09 Å². The monoisotopic (exact) mass is 414 g/mol. The number of amides is 1. The number of hydrogen-bond acceptors (Lipinski definition) is 5. The Labute approximate surface area is 181 Å². The number of likely N-dealkylation sites (N-methyl/N-ethyl adjacent to an activating group) is 1. The molecular weight excluding hydrogens is 376 g/mol. The third kappa shape index (κ3) is 5.16. The summed E-state index contributed by atoms with van der Waals surface area (Å²) in [6, 6.07) is 9.43. The van der Waals surface area contributed by atoms with Crippen LogP contribution in [0.3, 0.4) is 0 Å². The molecule has 3 heterocycles. The highest BCUT2D eigenvalue weighted by molar-refractivity contribution is 5.70. The zero-order chi connectivity index (χ0) is 21.1. The van der Waals surface area contributed by atoms with Crippen molar-refractivity contribution in [2.45, 2.75) is 50.8 Å². The van der Waals surface area contributed by atoms with E-state index in [1.54, 1.807) is 0 Å². The fraction of sp³-hybridized carbons (Fsp3) is 0.708. The van der Waals surface area contributed by atoms with Crippen molar-refractivity contribution in [1.29, 1.82) is 0 Å². The van der Waals surface area contributed by atoms with E-state index >= 15 is 0 Å². The summed E-state index contributed by atoms with van der Waals surface area (Å²) in [5, 5.41) is 0. The normalized spacial score (nSPS) is 24.9. The Hall–Kier alpha value is -1.63. The molecule has 6 nitrogen and oxygen atoms in total. The lowest BCUT2D eigenvalue weighted by Crippen LogP contribution is -2.46. The summed E-state index contributed by atoms with van der Waals surface area (Å²) in [4.78, 5) is 21.8. The van der Waals surface area contributed by atoms with Crippen LogP contribution in [0, 0.1) is 6.92 Å². The van der Waals surface area contributed by atoms with Crippen molar-refractivity contribution in [3.63, 3.8) is 0 Å². The van der Waals surface area contributed by atoms with Crippen molar-refractivity contribution in [1.82, 2.24) is 19.6 Å². The summed E-state index contributed by atoms with van der Waals surface area (Å²) in [7, 11) is 4.33. The van der Waals surface area contributed by atoms with Gasteiger partial charge in [-0.1, -0.05) is 29.8 Å². The zero-order valence-corrected chi connectivity index (χ0v) is 19.0. The van der Waals surface area contributed by atoms with Crippen LogP contribution in [0.4, 0.5) is 4.79 Å². The van der Waals surface area contributed by atoms with E-state index in [0.717, 1.165) is 65.1 Å². The molecule has 0 N–H and O–H groups in total. The third-order valence-electron chi connectivity index (χ3n) is 7.18. The smallest absolute Gasteiger partial charge is 0.410 e. The third-order valence-corrected chi connectivity index (χ3v) is 7.18. The highest BCUT2D eigenvalue weighted by Crippen LogP contribution is 2.33. The topological polar surface area (TPSA) is 39.3 Å². The quantitative estimate of drug-likeness (QED) is 0.686. The second kappa shape index (κ2) is 9.25. The number of nitrogens with zero attached hydrogens (tertiary/aromatic N) is 4. The van der Waals surface area contributed by atoms with Gasteiger partial charge in [0.2, 0.25) is 0 Å². The van der Waals surface area contributed by atoms with Crippen LogP contribution in [-0.2, 0) is 11.3 Å². The molecule has 1 amide bonds. The first-order chi connectivity index (χ1) is 14.4. The summed E-state index contributed by atoms with van der Waals surface area (Å²) in [6.07, 6.45) is 4.07. The number of likely N-dealkylation sites (tertiary alicyclic amines) is 2. The molecule has 1 spiro atoms. The van der Waals surface area contributed by atoms with Gasteiger partial charge in [0.25, 0.3) is 0 Å². The molecule has 0 aliphatic carbocycles. The Morgan fingerprint density at radius 2 is 1.93 bits per heavy atom. The molecule has 3 aliphatic rings. The molecule has 0 saturated carbocycles. The molecule has 1 unspecified atom stereocenters. The Morgan fingerprint density at radius 1 is 1.13 bits per heavy atom. The number of piperidine rings is 1. The minimum atomic E-state index is -0.260. The second-order valence-corrected chi connectivity index (χ2v) is 9.80. The molecular formula is C24H38N4O2. The lowest BCUT2D eigenvalue weighted by Gasteiger charge is -2.37. The Balaban J connectivity index is 1.20. The van der Waals surface area contributed by atoms with Gasteiger partial charge in [0.1, 0.15) is 5.60 Å². The molecule has 1 aromatic rings. The summed E-state index contributed by atoms with van der Waals surface area (Å²) in [5.41, 5.74) is 2.42. The van der Waals surface area contributed by atoms with Crippen molar-refractivity contribution in [2.24, 2.45) is 0 Å². The van der Waals surface area contributed by atoms with Gasteiger partial charge in [-0.05, 0) is 52.5 Å². The summed E-state index contributed by atoms with van der Waals surface area (Å²) in [5.74, 6) is 0. The van der Waals surface area contributed by atoms with E-state index in [2.05, 4.69) is 60.0 Å². The number of aryl methyl sites for hydroxylation is 1. The first-order valence-corrected chi connectivity index (χ1v) is 11.6. The van der Waals surface area contributed by atoms with Crippen LogP contribution < -0.4 is 0 Å². The van der Waals surface area contributed by atoms with Gasteiger partial charge in [0.05, 0.1) is 6.54 Å². The average Bonchev–Trinajstić information content (AvgIpc) is 3.29. The number of rotatable bonds is 7. The fourth-order valence-electron chi connectivity index (χ4n) is 5.23. The van der Waals surface area contributed by atoms with E-state index in [0.29, 0.717) is 6.04 Å². The van der Waals surface area contributed by atoms with Gasteiger partial charge in [-0.3, -0.25) is 4.90 Å². The maximum atomic E-state index is 12.5. The summed E-state index contributed by atoms with van der Waals surface area (Å²) < 4.78 is 5.93. The van der Waals surface area contributed by atoms with Crippen LogP contribution in [-0.4, -0.2) is 97.2 Å². The van der Waals surface area contributed by atoms with Crippen molar-refractivity contribution in [3.05, 3.63) is 35.4 Å². The number of carbonyl (C=O) groups is 1. The number of hydrogen-bond donors (Lipinski definition) is 0. The predicted molar refractivity (Wildman–Crippen MR) is 120 cm³/mol. The number of benzene rings is 1. The molecule has 1 aromatic carbocycles. The van der Waals surface area contributed by atoms with Gasteiger partial charge in [0.15, 0.2) is 0 Å². The number of carbonyl (C=O) groups excluding carboxylic acids is 1. The van der Waals surface area contributed by atoms with E-state index in [9.17, 15) is 4.79 Å². The van der Waals surface area contributed by atoms with Crippen LogP contribution in [0.1, 0.15) is 36.8 Å². The van der Waals surface area contributed by atoms with Gasteiger partial charge in [-0.2, -0.15) is 0 Å². The van der Waals surface area contributed by atoms with Gasteiger partial charge in [-0.25, -0.2) is 4.79 Å². The van der Waals surface area contributed by atoms with E-state index in [1.165, 1.54) is 24.1 Å². The summed E-state index contributed by atoms with van der Waals surface area (Å²) in [6.45, 7) is 10.1. The first kappa shape index (κ1) is 21.6. The lowest BCUT2D eigenvalue weighted by molar-refractivity contribution is -0.00124. The zero-order valence-electron chi connectivity index (χ0n) is 19.0. The fourth-order valence-corrected chi connectivity index (χ4v) is 5.23. The molecule has 3 fully saturated rings. The van der Waals surface area contributed by atoms with Crippen LogP contribution in [0.5, 0.6) is 0 Å². The van der Waals surface area contributed by atoms with Gasteiger partial charge < -0.3 is 19.4 Å². The Morgan fingerprint density at radius 3 is 2.63 bits per heavy atom. The van der Waals surface area contributed by atoms with Crippen molar-refractivity contribution in [2.75, 3.05) is 59.9 Å². The van der Waals surface area contributed by atoms with Crippen LogP contribution >= 0.6 is 0 Å². The van der Waals surface area contributed by atoms with E-state index in [1.807, 2.05) is 4.90 Å². The molecule has 0 bridgehead atoms. The van der Waals surface area contributed by atoms with Gasteiger partial charge >= 0.3 is 6.09 Å². The van der Waals surface area contributed by atoms with Gasteiger partial charge in [0, 0.05) is 51.6 Å². The van der Waals surface area contributed by atoms with Gasteiger partial charge in [-0.15, -0.1) is 0 Å². The maximum absolute atomic E-state index is 12.5. The van der Waals surface area contributed by atoms with Crippen LogP contribution in [0.25, 0.3) is 0 Å². The molecule has 1 atom stereocenters. The maximum Gasteiger partial charge on any atom is 0.410 e. The molecule has 166 valence electrons. The molecule has 30 heavy (non-hydrogen) atoms. The number of ether oxygens (including phenoxy) is 1. The lowest BCUT2D eigenvalue weighted by atomic mass is 9.91. The molecule has 3 aliphatic heterocycles. The molecule has 0 aromatic heterocycles. The highest BCUT2D eigenvalue weighted by Gasteiger charge is 2.46. The minimum Gasteiger partial charge on any atom is -0.441 e. The van der Waals surface area contributed by atoms with Crippen LogP contribution in [0.2, 0.25) is 0 Å². The molecule has 0 radical (unpaired) electrons. The Kier molecular flexibility index (Phi) is 6.66. The van der Waals surface area contributed by atoms with E-state index < -0.39 is 0 Å². The minimum absolute atomic E-state index is 0.102. The van der Waals surface area contributed by atoms with Crippen molar-refractivity contribution in [3.8, 4) is 0 Å². The SMILES string of the molecule is Cc1cccc(CN2CCC3(CC2)CN(CCCN2CCC(N(C)C)C2)C(=O)O3)c1. The predicted octanol–water partition coefficient (Wildman–Crippen LogP) is 2.81. The highest BCUT2D eigenvalue weighted by atomic mass is 16.6. The van der Waals surface area contributed by atoms with Crippen molar-refractivity contribution < 1.29 is 9.53 Å². The standard InChI is InChI=1S/C24H38N4O2/c1-20-6-4-7-21(16-20)17-27-14-9-24(10-15-27)19-28(23(29)30-24)12-5-11-26-13-8-22(18-26)25(2)3/h4,6-7,16,22H,5,8-15,17-19H2,1-3H3.